The summed E-state index contributed by atoms with van der Waals surface area (Å²) in [6.07, 6.45) is -5.88. The van der Waals surface area contributed by atoms with Crippen LogP contribution in [-0.4, -0.2) is 52.4 Å². The van der Waals surface area contributed by atoms with E-state index in [1.165, 1.54) is 24.3 Å². The summed E-state index contributed by atoms with van der Waals surface area (Å²) in [4.78, 5) is 10.2. The van der Waals surface area contributed by atoms with Gasteiger partial charge in [0.25, 0.3) is 5.69 Å². The third-order valence-electron chi connectivity index (χ3n) is 4.70. The molecule has 28 heavy (non-hydrogen) atoms. The van der Waals surface area contributed by atoms with Gasteiger partial charge in [-0.15, -0.1) is 0 Å². The van der Waals surface area contributed by atoms with Crippen molar-refractivity contribution in [1.29, 1.82) is 0 Å². The van der Waals surface area contributed by atoms with Gasteiger partial charge in [-0.3, -0.25) is 10.1 Å². The SMILES string of the molecule is O=[N+]([O-])c1ccc(O[C@H]2O[C@@H]3CO[C@@H](c4ccccc4)O[C@@H]3[C@H](O)[C@@H]2O)cc1. The number of benzene rings is 2. The number of ether oxygens (including phenoxy) is 4. The topological polar surface area (TPSA) is 121 Å². The number of hydrogen-bond donors (Lipinski definition) is 2. The van der Waals surface area contributed by atoms with E-state index in [-0.39, 0.29) is 18.0 Å². The summed E-state index contributed by atoms with van der Waals surface area (Å²) in [7, 11) is 0. The van der Waals surface area contributed by atoms with Gasteiger partial charge in [-0.2, -0.15) is 0 Å². The monoisotopic (exact) mass is 389 g/mol. The molecule has 0 unspecified atom stereocenters. The van der Waals surface area contributed by atoms with Crippen LogP contribution in [-0.2, 0) is 14.2 Å². The van der Waals surface area contributed by atoms with Crippen molar-refractivity contribution < 1.29 is 34.1 Å². The number of aliphatic hydroxyl groups excluding tert-OH is 2. The molecule has 2 aliphatic heterocycles. The van der Waals surface area contributed by atoms with E-state index in [0.29, 0.717) is 0 Å². The van der Waals surface area contributed by atoms with E-state index < -0.39 is 41.9 Å². The van der Waals surface area contributed by atoms with E-state index in [1.807, 2.05) is 30.3 Å². The lowest BCUT2D eigenvalue weighted by Crippen LogP contribution is -2.62. The van der Waals surface area contributed by atoms with Crippen LogP contribution in [0, 0.1) is 10.1 Å². The highest BCUT2D eigenvalue weighted by Crippen LogP contribution is 2.34. The van der Waals surface area contributed by atoms with Crippen molar-refractivity contribution in [3.63, 3.8) is 0 Å². The van der Waals surface area contributed by atoms with Crippen LogP contribution in [0.4, 0.5) is 5.69 Å². The Morgan fingerprint density at radius 3 is 2.39 bits per heavy atom. The molecule has 0 saturated carbocycles. The molecule has 9 heteroatoms. The number of nitro benzene ring substituents is 1. The predicted molar refractivity (Wildman–Crippen MR) is 94.4 cm³/mol. The van der Waals surface area contributed by atoms with Gasteiger partial charge in [0.2, 0.25) is 6.29 Å². The number of nitro groups is 1. The number of non-ortho nitro benzene ring substituents is 1. The van der Waals surface area contributed by atoms with E-state index in [4.69, 9.17) is 18.9 Å². The van der Waals surface area contributed by atoms with Gasteiger partial charge in [-0.25, -0.2) is 0 Å². The second-order valence-corrected chi connectivity index (χ2v) is 6.57. The quantitative estimate of drug-likeness (QED) is 0.597. The Morgan fingerprint density at radius 2 is 1.71 bits per heavy atom. The second-order valence-electron chi connectivity index (χ2n) is 6.57. The van der Waals surface area contributed by atoms with Crippen LogP contribution in [0.2, 0.25) is 0 Å². The van der Waals surface area contributed by atoms with Gasteiger partial charge in [0.05, 0.1) is 11.5 Å². The molecule has 2 aromatic rings. The molecule has 6 atom stereocenters. The maximum Gasteiger partial charge on any atom is 0.269 e. The molecular weight excluding hydrogens is 370 g/mol. The third-order valence-corrected chi connectivity index (χ3v) is 4.70. The lowest BCUT2D eigenvalue weighted by Gasteiger charge is -2.46. The molecule has 0 spiro atoms. The number of fused-ring (bicyclic) bond motifs is 1. The summed E-state index contributed by atoms with van der Waals surface area (Å²) in [5, 5.41) is 31.7. The Balaban J connectivity index is 1.43. The predicted octanol–water partition coefficient (Wildman–Crippen LogP) is 1.53. The van der Waals surface area contributed by atoms with Crippen LogP contribution in [0.5, 0.6) is 5.75 Å². The Morgan fingerprint density at radius 1 is 1.00 bits per heavy atom. The Kier molecular flexibility index (Phi) is 5.25. The van der Waals surface area contributed by atoms with Crippen LogP contribution in [0.3, 0.4) is 0 Å². The molecule has 148 valence electrons. The molecule has 0 aromatic heterocycles. The van der Waals surface area contributed by atoms with Crippen LogP contribution in [0.1, 0.15) is 11.9 Å². The van der Waals surface area contributed by atoms with E-state index >= 15 is 0 Å². The second kappa shape index (κ2) is 7.82. The molecule has 4 rings (SSSR count). The van der Waals surface area contributed by atoms with Crippen molar-refractivity contribution in [2.24, 2.45) is 0 Å². The van der Waals surface area contributed by atoms with E-state index in [1.54, 1.807) is 0 Å². The zero-order chi connectivity index (χ0) is 19.7. The van der Waals surface area contributed by atoms with Crippen LogP contribution < -0.4 is 4.74 Å². The highest BCUT2D eigenvalue weighted by Gasteiger charge is 2.49. The molecule has 0 aliphatic carbocycles. The maximum absolute atomic E-state index is 10.7. The highest BCUT2D eigenvalue weighted by molar-refractivity contribution is 5.36. The Labute approximate surface area is 160 Å². The van der Waals surface area contributed by atoms with Crippen molar-refractivity contribution in [3.05, 3.63) is 70.3 Å². The molecule has 9 nitrogen and oxygen atoms in total. The number of hydrogen-bond acceptors (Lipinski definition) is 8. The molecular formula is C19H19NO8. The van der Waals surface area contributed by atoms with Crippen molar-refractivity contribution in [2.75, 3.05) is 6.61 Å². The summed E-state index contributed by atoms with van der Waals surface area (Å²) >= 11 is 0. The fourth-order valence-electron chi connectivity index (χ4n) is 3.23. The van der Waals surface area contributed by atoms with Crippen LogP contribution in [0.15, 0.2) is 54.6 Å². The fraction of sp³-hybridized carbons (Fsp3) is 0.368. The van der Waals surface area contributed by atoms with Crippen molar-refractivity contribution in [3.8, 4) is 5.75 Å². The van der Waals surface area contributed by atoms with Crippen LogP contribution in [0.25, 0.3) is 0 Å². The average molecular weight is 389 g/mol. The van der Waals surface area contributed by atoms with Gasteiger partial charge in [0.15, 0.2) is 6.29 Å². The van der Waals surface area contributed by atoms with E-state index in [0.717, 1.165) is 5.56 Å². The normalized spacial score (nSPS) is 32.4. The molecule has 2 aliphatic rings. The number of aliphatic hydroxyl groups is 2. The first-order chi connectivity index (χ1) is 13.5. The van der Waals surface area contributed by atoms with Gasteiger partial charge in [-0.05, 0) is 12.1 Å². The highest BCUT2D eigenvalue weighted by atomic mass is 16.8. The fourth-order valence-corrected chi connectivity index (χ4v) is 3.23. The molecule has 0 amide bonds. The largest absolute Gasteiger partial charge is 0.462 e. The minimum Gasteiger partial charge on any atom is -0.462 e. The van der Waals surface area contributed by atoms with Crippen molar-refractivity contribution in [2.45, 2.75) is 37.0 Å². The van der Waals surface area contributed by atoms with E-state index in [2.05, 4.69) is 0 Å². The Bertz CT molecular complexity index is 812. The minimum absolute atomic E-state index is 0.0846. The summed E-state index contributed by atoms with van der Waals surface area (Å²) < 4.78 is 22.8. The first kappa shape index (κ1) is 18.8. The summed E-state index contributed by atoms with van der Waals surface area (Å²) in [6, 6.07) is 14.6. The molecule has 2 fully saturated rings. The molecule has 2 N–H and O–H groups in total. The first-order valence-corrected chi connectivity index (χ1v) is 8.77. The van der Waals surface area contributed by atoms with Crippen molar-refractivity contribution >= 4 is 5.69 Å². The lowest BCUT2D eigenvalue weighted by atomic mass is 9.98. The van der Waals surface area contributed by atoms with Gasteiger partial charge >= 0.3 is 0 Å². The number of nitrogens with zero attached hydrogens (tertiary/aromatic N) is 1. The molecule has 2 aromatic carbocycles. The summed E-state index contributed by atoms with van der Waals surface area (Å²) in [6.45, 7) is 0.147. The average Bonchev–Trinajstić information content (AvgIpc) is 2.72. The van der Waals surface area contributed by atoms with Gasteiger partial charge in [-0.1, -0.05) is 30.3 Å². The third kappa shape index (κ3) is 3.71. The molecule has 0 bridgehead atoms. The molecule has 2 saturated heterocycles. The number of rotatable bonds is 4. The standard InChI is InChI=1S/C19H19NO8/c21-15-16(22)19(26-13-8-6-12(7-9-13)20(23)24)27-14-10-25-18(28-17(14)15)11-4-2-1-3-5-11/h1-9,14-19,21-22H,10H2/t14-,15-,16+,17+,18-,19+/m1/s1. The first-order valence-electron chi connectivity index (χ1n) is 8.77. The Hall–Kier alpha value is -2.56. The van der Waals surface area contributed by atoms with Gasteiger partial charge in [0, 0.05) is 17.7 Å². The minimum atomic E-state index is -1.37. The summed E-state index contributed by atoms with van der Waals surface area (Å²) in [5.74, 6) is 0.264. The lowest BCUT2D eigenvalue weighted by molar-refractivity contribution is -0.384. The van der Waals surface area contributed by atoms with E-state index in [9.17, 15) is 20.3 Å². The van der Waals surface area contributed by atoms with Crippen molar-refractivity contribution in [1.82, 2.24) is 0 Å². The smallest absolute Gasteiger partial charge is 0.269 e. The molecule has 2 heterocycles. The van der Waals surface area contributed by atoms with Gasteiger partial charge < -0.3 is 29.2 Å². The maximum atomic E-state index is 10.7. The molecule has 0 radical (unpaired) electrons. The zero-order valence-corrected chi connectivity index (χ0v) is 14.7. The van der Waals surface area contributed by atoms with Gasteiger partial charge in [0.1, 0.15) is 30.2 Å². The van der Waals surface area contributed by atoms with Crippen LogP contribution >= 0.6 is 0 Å². The zero-order valence-electron chi connectivity index (χ0n) is 14.7. The summed E-state index contributed by atoms with van der Waals surface area (Å²) in [5.41, 5.74) is 0.713.